The van der Waals surface area contributed by atoms with E-state index in [2.05, 4.69) is 9.97 Å². The Morgan fingerprint density at radius 3 is 2.77 bits per heavy atom. The van der Waals surface area contributed by atoms with Crippen LogP contribution in [0.1, 0.15) is 22.6 Å². The summed E-state index contributed by atoms with van der Waals surface area (Å²) in [6.45, 7) is 2.36. The van der Waals surface area contributed by atoms with Crippen molar-refractivity contribution in [2.75, 3.05) is 6.54 Å². The van der Waals surface area contributed by atoms with Crippen LogP contribution in [0.5, 0.6) is 0 Å². The number of hydrogen-bond acceptors (Lipinski definition) is 3. The highest BCUT2D eigenvalue weighted by Crippen LogP contribution is 2.21. The maximum Gasteiger partial charge on any atom is 0.254 e. The standard InChI is InChI=1S/C15H14F3N3O/c1-8-19-13-7-21(5-4-9(13)15(22)20-8)6-10-11(16)2-3-12(17)14(10)18/h2-3H,4-7H2,1H3,(H,19,20,22). The maximum atomic E-state index is 13.7. The molecule has 0 amide bonds. The molecule has 2 heterocycles. The highest BCUT2D eigenvalue weighted by Gasteiger charge is 2.23. The molecule has 0 saturated heterocycles. The van der Waals surface area contributed by atoms with Gasteiger partial charge in [-0.25, -0.2) is 18.2 Å². The van der Waals surface area contributed by atoms with Crippen molar-refractivity contribution in [2.45, 2.75) is 26.4 Å². The molecule has 116 valence electrons. The Morgan fingerprint density at radius 2 is 2.00 bits per heavy atom. The Balaban J connectivity index is 1.87. The molecule has 0 bridgehead atoms. The highest BCUT2D eigenvalue weighted by atomic mass is 19.2. The van der Waals surface area contributed by atoms with Gasteiger partial charge in [0.2, 0.25) is 0 Å². The summed E-state index contributed by atoms with van der Waals surface area (Å²) in [7, 11) is 0. The zero-order valence-corrected chi connectivity index (χ0v) is 11.9. The number of nitrogens with zero attached hydrogens (tertiary/aromatic N) is 2. The number of aryl methyl sites for hydroxylation is 1. The molecule has 1 aromatic heterocycles. The van der Waals surface area contributed by atoms with Crippen molar-refractivity contribution >= 4 is 0 Å². The molecule has 1 aliphatic rings. The first-order valence-electron chi connectivity index (χ1n) is 6.89. The second-order valence-electron chi connectivity index (χ2n) is 5.36. The molecule has 0 radical (unpaired) electrons. The minimum absolute atomic E-state index is 0.0671. The van der Waals surface area contributed by atoms with Gasteiger partial charge < -0.3 is 4.98 Å². The van der Waals surface area contributed by atoms with Crippen LogP contribution in [0, 0.1) is 24.4 Å². The van der Waals surface area contributed by atoms with Crippen LogP contribution in [0.25, 0.3) is 0 Å². The summed E-state index contributed by atoms with van der Waals surface area (Å²) in [5, 5.41) is 0. The van der Waals surface area contributed by atoms with E-state index in [0.717, 1.165) is 12.1 Å². The Bertz CT molecular complexity index is 788. The smallest absolute Gasteiger partial charge is 0.254 e. The van der Waals surface area contributed by atoms with E-state index < -0.39 is 17.5 Å². The topological polar surface area (TPSA) is 49.0 Å². The van der Waals surface area contributed by atoms with Crippen LogP contribution in [0.4, 0.5) is 13.2 Å². The van der Waals surface area contributed by atoms with Crippen LogP contribution < -0.4 is 5.56 Å². The first kappa shape index (κ1) is 14.8. The zero-order chi connectivity index (χ0) is 15.9. The van der Waals surface area contributed by atoms with Gasteiger partial charge in [-0.15, -0.1) is 0 Å². The third kappa shape index (κ3) is 2.64. The molecular weight excluding hydrogens is 295 g/mol. The number of H-pyrrole nitrogens is 1. The summed E-state index contributed by atoms with van der Waals surface area (Å²) in [4.78, 5) is 20.5. The van der Waals surface area contributed by atoms with Gasteiger partial charge in [0, 0.05) is 30.8 Å². The second kappa shape index (κ2) is 5.57. The summed E-state index contributed by atoms with van der Waals surface area (Å²) < 4.78 is 40.7. The molecule has 22 heavy (non-hydrogen) atoms. The minimum Gasteiger partial charge on any atom is -0.311 e. The van der Waals surface area contributed by atoms with Crippen LogP contribution in [0.2, 0.25) is 0 Å². The fourth-order valence-corrected chi connectivity index (χ4v) is 2.69. The lowest BCUT2D eigenvalue weighted by Crippen LogP contribution is -2.35. The minimum atomic E-state index is -1.17. The van der Waals surface area contributed by atoms with Crippen LogP contribution in [0.3, 0.4) is 0 Å². The molecular formula is C15H14F3N3O. The quantitative estimate of drug-likeness (QED) is 0.864. The summed E-state index contributed by atoms with van der Waals surface area (Å²) in [5.41, 5.74) is 0.724. The summed E-state index contributed by atoms with van der Waals surface area (Å²) in [5.74, 6) is -2.52. The van der Waals surface area contributed by atoms with Crippen molar-refractivity contribution < 1.29 is 13.2 Å². The fourth-order valence-electron chi connectivity index (χ4n) is 2.69. The van der Waals surface area contributed by atoms with Gasteiger partial charge in [-0.2, -0.15) is 0 Å². The predicted molar refractivity (Wildman–Crippen MR) is 73.7 cm³/mol. The Morgan fingerprint density at radius 1 is 1.27 bits per heavy atom. The molecule has 1 N–H and O–H groups in total. The lowest BCUT2D eigenvalue weighted by atomic mass is 10.1. The summed E-state index contributed by atoms with van der Waals surface area (Å²) in [6, 6.07) is 1.68. The molecule has 3 rings (SSSR count). The molecule has 1 aromatic carbocycles. The first-order valence-corrected chi connectivity index (χ1v) is 6.89. The number of hydrogen-bond donors (Lipinski definition) is 1. The average molecular weight is 309 g/mol. The van der Waals surface area contributed by atoms with E-state index in [0.29, 0.717) is 36.6 Å². The molecule has 0 saturated carbocycles. The number of benzene rings is 1. The molecule has 0 fully saturated rings. The van der Waals surface area contributed by atoms with Gasteiger partial charge in [0.05, 0.1) is 5.69 Å². The van der Waals surface area contributed by atoms with Gasteiger partial charge in [-0.05, 0) is 25.5 Å². The lowest BCUT2D eigenvalue weighted by Gasteiger charge is -2.27. The largest absolute Gasteiger partial charge is 0.311 e. The van der Waals surface area contributed by atoms with Gasteiger partial charge in [-0.1, -0.05) is 0 Å². The van der Waals surface area contributed by atoms with E-state index in [1.54, 1.807) is 11.8 Å². The van der Waals surface area contributed by atoms with Crippen LogP contribution in [0.15, 0.2) is 16.9 Å². The molecule has 4 nitrogen and oxygen atoms in total. The molecule has 0 aliphatic carbocycles. The number of aromatic amines is 1. The number of fused-ring (bicyclic) bond motifs is 1. The molecule has 7 heteroatoms. The number of halogens is 3. The van der Waals surface area contributed by atoms with Crippen molar-refractivity contribution in [1.82, 2.24) is 14.9 Å². The highest BCUT2D eigenvalue weighted by molar-refractivity contribution is 5.24. The van der Waals surface area contributed by atoms with Gasteiger partial charge in [0.25, 0.3) is 5.56 Å². The lowest BCUT2D eigenvalue weighted by molar-refractivity contribution is 0.232. The molecule has 0 spiro atoms. The number of aromatic nitrogens is 2. The first-order chi connectivity index (χ1) is 10.5. The Labute approximate surface area is 124 Å². The van der Waals surface area contributed by atoms with Crippen molar-refractivity contribution in [1.29, 1.82) is 0 Å². The second-order valence-corrected chi connectivity index (χ2v) is 5.36. The van der Waals surface area contributed by atoms with E-state index in [4.69, 9.17) is 0 Å². The average Bonchev–Trinajstić information content (AvgIpc) is 2.47. The summed E-state index contributed by atoms with van der Waals surface area (Å²) in [6.07, 6.45) is 0.441. The zero-order valence-electron chi connectivity index (χ0n) is 11.9. The summed E-state index contributed by atoms with van der Waals surface area (Å²) >= 11 is 0. The maximum absolute atomic E-state index is 13.7. The van der Waals surface area contributed by atoms with Crippen LogP contribution in [-0.4, -0.2) is 21.4 Å². The third-order valence-electron chi connectivity index (χ3n) is 3.79. The molecule has 2 aromatic rings. The number of rotatable bonds is 2. The van der Waals surface area contributed by atoms with E-state index in [9.17, 15) is 18.0 Å². The SMILES string of the molecule is Cc1nc2c(c(=O)[nH]1)CCN(Cc1c(F)ccc(F)c1F)C2. The van der Waals surface area contributed by atoms with Crippen molar-refractivity contribution in [2.24, 2.45) is 0 Å². The van der Waals surface area contributed by atoms with Crippen LogP contribution in [-0.2, 0) is 19.5 Å². The fraction of sp³-hybridized carbons (Fsp3) is 0.333. The third-order valence-corrected chi connectivity index (χ3v) is 3.79. The van der Waals surface area contributed by atoms with Crippen molar-refractivity contribution in [3.8, 4) is 0 Å². The van der Waals surface area contributed by atoms with Gasteiger partial charge >= 0.3 is 0 Å². The van der Waals surface area contributed by atoms with E-state index in [1.165, 1.54) is 0 Å². The molecule has 1 aliphatic heterocycles. The van der Waals surface area contributed by atoms with E-state index in [1.807, 2.05) is 0 Å². The van der Waals surface area contributed by atoms with Crippen molar-refractivity contribution in [3.05, 3.63) is 62.6 Å². The van der Waals surface area contributed by atoms with Crippen LogP contribution >= 0.6 is 0 Å². The predicted octanol–water partition coefficient (Wildman–Crippen LogP) is 2.05. The molecule has 0 unspecified atom stereocenters. The van der Waals surface area contributed by atoms with E-state index in [-0.39, 0.29) is 17.7 Å². The number of nitrogens with one attached hydrogen (secondary N) is 1. The van der Waals surface area contributed by atoms with E-state index >= 15 is 0 Å². The monoisotopic (exact) mass is 309 g/mol. The molecule has 0 atom stereocenters. The van der Waals surface area contributed by atoms with Gasteiger partial charge in [-0.3, -0.25) is 9.69 Å². The Hall–Kier alpha value is -2.15. The Kier molecular flexibility index (Phi) is 3.74. The normalized spacial score (nSPS) is 14.9. The van der Waals surface area contributed by atoms with Gasteiger partial charge in [0.15, 0.2) is 11.6 Å². The van der Waals surface area contributed by atoms with Crippen molar-refractivity contribution in [3.63, 3.8) is 0 Å². The van der Waals surface area contributed by atoms with Gasteiger partial charge in [0.1, 0.15) is 11.6 Å².